The van der Waals surface area contributed by atoms with Gasteiger partial charge in [-0.2, -0.15) is 0 Å². The summed E-state index contributed by atoms with van der Waals surface area (Å²) in [6, 6.07) is 11.8. The molecule has 7 heteroatoms. The number of hydrogen-bond donors (Lipinski definition) is 1. The summed E-state index contributed by atoms with van der Waals surface area (Å²) in [4.78, 5) is 25.3. The molecule has 0 unspecified atom stereocenters. The lowest BCUT2D eigenvalue weighted by Crippen LogP contribution is -2.35. The van der Waals surface area contributed by atoms with E-state index in [1.165, 1.54) is 4.90 Å². The third kappa shape index (κ3) is 4.46. The van der Waals surface area contributed by atoms with E-state index < -0.39 is 18.4 Å². The molecule has 0 atom stereocenters. The zero-order valence-electron chi connectivity index (χ0n) is 14.0. The van der Waals surface area contributed by atoms with Gasteiger partial charge in [0.05, 0.1) is 13.2 Å². The van der Waals surface area contributed by atoms with Gasteiger partial charge in [0.15, 0.2) is 11.5 Å². The molecule has 0 radical (unpaired) electrons. The average Bonchev–Trinajstić information content (AvgIpc) is 2.86. The fourth-order valence-corrected chi connectivity index (χ4v) is 2.78. The second kappa shape index (κ2) is 8.10. The Kier molecular flexibility index (Phi) is 5.63. The number of hydrogen-bond acceptors (Lipinski definition) is 4. The van der Waals surface area contributed by atoms with Crippen molar-refractivity contribution in [2.75, 3.05) is 19.8 Å². The van der Waals surface area contributed by atoms with E-state index in [1.807, 2.05) is 0 Å². The van der Waals surface area contributed by atoms with Crippen LogP contribution < -0.4 is 9.47 Å². The van der Waals surface area contributed by atoms with E-state index in [4.69, 9.17) is 21.1 Å². The molecule has 1 aliphatic heterocycles. The van der Waals surface area contributed by atoms with Gasteiger partial charge in [-0.15, -0.1) is 0 Å². The standard InChI is InChI=1S/C19H18ClNO5/c20-15-5-2-13(3-6-15)11-21(12-18(22)23)19(24)14-4-7-16-17(10-14)26-9-1-8-25-16/h2-7,10H,1,8-9,11-12H2,(H,22,23). The maximum Gasteiger partial charge on any atom is 0.323 e. The highest BCUT2D eigenvalue weighted by Gasteiger charge is 2.21. The van der Waals surface area contributed by atoms with Crippen LogP contribution in [-0.2, 0) is 11.3 Å². The van der Waals surface area contributed by atoms with Gasteiger partial charge in [0.1, 0.15) is 6.54 Å². The number of carboxylic acid groups (broad SMARTS) is 1. The third-order valence-electron chi connectivity index (χ3n) is 3.89. The summed E-state index contributed by atoms with van der Waals surface area (Å²) >= 11 is 5.87. The van der Waals surface area contributed by atoms with Gasteiger partial charge in [-0.25, -0.2) is 0 Å². The van der Waals surface area contributed by atoms with Crippen molar-refractivity contribution in [1.29, 1.82) is 0 Å². The zero-order chi connectivity index (χ0) is 18.5. The number of ether oxygens (including phenoxy) is 2. The molecule has 0 saturated carbocycles. The summed E-state index contributed by atoms with van der Waals surface area (Å²) in [6.45, 7) is 0.822. The lowest BCUT2D eigenvalue weighted by atomic mass is 10.1. The van der Waals surface area contributed by atoms with Gasteiger partial charge in [0.25, 0.3) is 5.91 Å². The number of benzene rings is 2. The lowest BCUT2D eigenvalue weighted by molar-refractivity contribution is -0.137. The number of halogens is 1. The predicted molar refractivity (Wildman–Crippen MR) is 95.9 cm³/mol. The third-order valence-corrected chi connectivity index (χ3v) is 4.15. The van der Waals surface area contributed by atoms with Crippen molar-refractivity contribution in [3.05, 3.63) is 58.6 Å². The van der Waals surface area contributed by atoms with Gasteiger partial charge < -0.3 is 19.5 Å². The first kappa shape index (κ1) is 18.1. The zero-order valence-corrected chi connectivity index (χ0v) is 14.7. The molecule has 6 nitrogen and oxygen atoms in total. The molecule has 0 bridgehead atoms. The molecule has 2 aromatic rings. The fraction of sp³-hybridized carbons (Fsp3) is 0.263. The van der Waals surface area contributed by atoms with E-state index in [-0.39, 0.29) is 6.54 Å². The fourth-order valence-electron chi connectivity index (χ4n) is 2.65. The number of carbonyl (C=O) groups excluding carboxylic acids is 1. The number of rotatable bonds is 5. The smallest absolute Gasteiger partial charge is 0.323 e. The van der Waals surface area contributed by atoms with Crippen LogP contribution in [0.3, 0.4) is 0 Å². The number of amides is 1. The van der Waals surface area contributed by atoms with Crippen LogP contribution in [0.4, 0.5) is 0 Å². The molecule has 1 aliphatic rings. The van der Waals surface area contributed by atoms with Crippen LogP contribution in [-0.4, -0.2) is 41.6 Å². The molecule has 3 rings (SSSR count). The molecule has 0 saturated heterocycles. The Morgan fingerprint density at radius 2 is 1.73 bits per heavy atom. The highest BCUT2D eigenvalue weighted by Crippen LogP contribution is 2.31. The predicted octanol–water partition coefficient (Wildman–Crippen LogP) is 3.23. The van der Waals surface area contributed by atoms with Crippen LogP contribution in [0.5, 0.6) is 11.5 Å². The van der Waals surface area contributed by atoms with Gasteiger partial charge in [-0.1, -0.05) is 23.7 Å². The average molecular weight is 376 g/mol. The molecule has 0 aliphatic carbocycles. The van der Waals surface area contributed by atoms with Crippen molar-refractivity contribution in [2.45, 2.75) is 13.0 Å². The number of fused-ring (bicyclic) bond motifs is 1. The summed E-state index contributed by atoms with van der Waals surface area (Å²) in [6.07, 6.45) is 0.764. The molecule has 1 N–H and O–H groups in total. The second-order valence-corrected chi connectivity index (χ2v) is 6.33. The van der Waals surface area contributed by atoms with E-state index in [1.54, 1.807) is 42.5 Å². The van der Waals surface area contributed by atoms with Gasteiger partial charge in [-0.3, -0.25) is 9.59 Å². The highest BCUT2D eigenvalue weighted by molar-refractivity contribution is 6.30. The monoisotopic (exact) mass is 375 g/mol. The summed E-state index contributed by atoms with van der Waals surface area (Å²) in [7, 11) is 0. The molecule has 0 aromatic heterocycles. The largest absolute Gasteiger partial charge is 0.490 e. The molecular formula is C19H18ClNO5. The summed E-state index contributed by atoms with van der Waals surface area (Å²) in [5.74, 6) is -0.392. The first-order valence-electron chi connectivity index (χ1n) is 8.18. The van der Waals surface area contributed by atoms with E-state index >= 15 is 0 Å². The Balaban J connectivity index is 1.83. The minimum atomic E-state index is -1.08. The number of aliphatic carboxylic acids is 1. The van der Waals surface area contributed by atoms with Gasteiger partial charge in [-0.05, 0) is 35.9 Å². The molecule has 1 amide bonds. The maximum atomic E-state index is 12.9. The number of nitrogens with zero attached hydrogens (tertiary/aromatic N) is 1. The van der Waals surface area contributed by atoms with Gasteiger partial charge >= 0.3 is 5.97 Å². The van der Waals surface area contributed by atoms with Crippen LogP contribution in [0.2, 0.25) is 5.02 Å². The maximum absolute atomic E-state index is 12.9. The summed E-state index contributed by atoms with van der Waals surface area (Å²) in [5, 5.41) is 9.75. The summed E-state index contributed by atoms with van der Waals surface area (Å²) in [5.41, 5.74) is 1.14. The van der Waals surface area contributed by atoms with Crippen molar-refractivity contribution in [1.82, 2.24) is 4.90 Å². The molecule has 0 spiro atoms. The Labute approximate surface area is 155 Å². The number of carbonyl (C=O) groups is 2. The van der Waals surface area contributed by atoms with Crippen LogP contribution in [0.15, 0.2) is 42.5 Å². The van der Waals surface area contributed by atoms with Gasteiger partial charge in [0.2, 0.25) is 0 Å². The minimum Gasteiger partial charge on any atom is -0.490 e. The molecule has 26 heavy (non-hydrogen) atoms. The summed E-state index contributed by atoms with van der Waals surface area (Å²) < 4.78 is 11.2. The van der Waals surface area contributed by atoms with Crippen LogP contribution >= 0.6 is 11.6 Å². The molecule has 0 fully saturated rings. The van der Waals surface area contributed by atoms with Crippen LogP contribution in [0.1, 0.15) is 22.3 Å². The molecule has 2 aromatic carbocycles. The van der Waals surface area contributed by atoms with E-state index in [0.29, 0.717) is 35.3 Å². The minimum absolute atomic E-state index is 0.163. The molecule has 1 heterocycles. The van der Waals surface area contributed by atoms with Gasteiger partial charge in [0, 0.05) is 23.6 Å². The van der Waals surface area contributed by atoms with Crippen molar-refractivity contribution in [2.24, 2.45) is 0 Å². The van der Waals surface area contributed by atoms with E-state index in [0.717, 1.165) is 12.0 Å². The topological polar surface area (TPSA) is 76.1 Å². The van der Waals surface area contributed by atoms with Crippen molar-refractivity contribution in [3.63, 3.8) is 0 Å². The Morgan fingerprint density at radius 3 is 2.42 bits per heavy atom. The Morgan fingerprint density at radius 1 is 1.04 bits per heavy atom. The van der Waals surface area contributed by atoms with Crippen molar-refractivity contribution >= 4 is 23.5 Å². The van der Waals surface area contributed by atoms with Crippen molar-refractivity contribution < 1.29 is 24.2 Å². The van der Waals surface area contributed by atoms with Crippen LogP contribution in [0.25, 0.3) is 0 Å². The second-order valence-electron chi connectivity index (χ2n) is 5.89. The quantitative estimate of drug-likeness (QED) is 0.868. The van der Waals surface area contributed by atoms with Crippen LogP contribution in [0, 0.1) is 0 Å². The SMILES string of the molecule is O=C(O)CN(Cc1ccc(Cl)cc1)C(=O)c1ccc2c(c1)OCCCO2. The van der Waals surface area contributed by atoms with E-state index in [9.17, 15) is 14.7 Å². The molecular weight excluding hydrogens is 358 g/mol. The first-order chi connectivity index (χ1) is 12.5. The highest BCUT2D eigenvalue weighted by atomic mass is 35.5. The lowest BCUT2D eigenvalue weighted by Gasteiger charge is -2.21. The Hall–Kier alpha value is -2.73. The normalized spacial score (nSPS) is 13.0. The van der Waals surface area contributed by atoms with E-state index in [2.05, 4.69) is 0 Å². The van der Waals surface area contributed by atoms with Crippen molar-refractivity contribution in [3.8, 4) is 11.5 Å². The number of carboxylic acids is 1. The first-order valence-corrected chi connectivity index (χ1v) is 8.56. The Bertz CT molecular complexity index is 806. The molecule has 136 valence electrons.